The summed E-state index contributed by atoms with van der Waals surface area (Å²) in [7, 11) is 0. The number of hydrogen-bond acceptors (Lipinski definition) is 4. The largest absolute Gasteiger partial charge is 0.463 e. The van der Waals surface area contributed by atoms with Crippen LogP contribution in [0.1, 0.15) is 31.3 Å². The van der Waals surface area contributed by atoms with Crippen LogP contribution in [-0.4, -0.2) is 30.0 Å². The number of piperidine rings is 1. The molecule has 2 amide bonds. The van der Waals surface area contributed by atoms with Gasteiger partial charge in [-0.25, -0.2) is 0 Å². The Morgan fingerprint density at radius 3 is 2.95 bits per heavy atom. The van der Waals surface area contributed by atoms with Gasteiger partial charge in [-0.1, -0.05) is 0 Å². The Kier molecular flexibility index (Phi) is 4.13. The lowest BCUT2D eigenvalue weighted by Crippen LogP contribution is -2.45. The Hall–Kier alpha value is -1.82. The molecule has 0 aliphatic carbocycles. The van der Waals surface area contributed by atoms with Crippen molar-refractivity contribution in [3.63, 3.8) is 0 Å². The first-order valence-corrected chi connectivity index (χ1v) is 6.72. The lowest BCUT2D eigenvalue weighted by atomic mass is 9.96. The van der Waals surface area contributed by atoms with E-state index in [1.54, 1.807) is 26.0 Å². The second-order valence-corrected chi connectivity index (χ2v) is 5.44. The average Bonchev–Trinajstić information content (AvgIpc) is 2.83. The Labute approximate surface area is 117 Å². The molecule has 2 rings (SSSR count). The van der Waals surface area contributed by atoms with Crippen LogP contribution < -0.4 is 10.6 Å². The highest BCUT2D eigenvalue weighted by Gasteiger charge is 2.30. The molecule has 0 radical (unpaired) electrons. The van der Waals surface area contributed by atoms with Gasteiger partial charge < -0.3 is 20.2 Å². The van der Waals surface area contributed by atoms with Crippen LogP contribution in [0.25, 0.3) is 0 Å². The summed E-state index contributed by atoms with van der Waals surface area (Å²) in [6, 6.07) is 3.45. The molecule has 1 saturated heterocycles. The van der Waals surface area contributed by atoms with E-state index in [0.29, 0.717) is 24.5 Å². The molecule has 2 unspecified atom stereocenters. The van der Waals surface area contributed by atoms with Gasteiger partial charge in [0.1, 0.15) is 17.1 Å². The van der Waals surface area contributed by atoms with Gasteiger partial charge in [-0.2, -0.15) is 0 Å². The lowest BCUT2D eigenvalue weighted by Gasteiger charge is -2.25. The van der Waals surface area contributed by atoms with Crippen molar-refractivity contribution in [1.29, 1.82) is 0 Å². The zero-order valence-electron chi connectivity index (χ0n) is 11.7. The summed E-state index contributed by atoms with van der Waals surface area (Å²) < 4.78 is 5.38. The van der Waals surface area contributed by atoms with Crippen LogP contribution in [0.4, 0.5) is 0 Å². The van der Waals surface area contributed by atoms with Crippen LogP contribution in [0.15, 0.2) is 16.5 Å². The number of rotatable bonds is 4. The molecule has 6 heteroatoms. The Morgan fingerprint density at radius 1 is 1.60 bits per heavy atom. The van der Waals surface area contributed by atoms with Gasteiger partial charge in [0.25, 0.3) is 0 Å². The minimum atomic E-state index is -1.26. The highest BCUT2D eigenvalue weighted by molar-refractivity contribution is 5.86. The number of furan rings is 1. The molecule has 110 valence electrons. The zero-order valence-corrected chi connectivity index (χ0v) is 11.7. The molecule has 3 N–H and O–H groups in total. The van der Waals surface area contributed by atoms with Gasteiger partial charge in [0.2, 0.25) is 11.8 Å². The fraction of sp³-hybridized carbons (Fsp3) is 0.571. The maximum Gasteiger partial charge on any atom is 0.223 e. The van der Waals surface area contributed by atoms with Crippen LogP contribution in [0.2, 0.25) is 0 Å². The van der Waals surface area contributed by atoms with Crippen LogP contribution in [0.3, 0.4) is 0 Å². The van der Waals surface area contributed by atoms with Crippen LogP contribution >= 0.6 is 0 Å². The summed E-state index contributed by atoms with van der Waals surface area (Å²) in [5.74, 6) is 0.485. The first kappa shape index (κ1) is 14.6. The lowest BCUT2D eigenvalue weighted by molar-refractivity contribution is -0.133. The average molecular weight is 280 g/mol. The summed E-state index contributed by atoms with van der Waals surface area (Å²) in [6.07, 6.45) is 0.827. The highest BCUT2D eigenvalue weighted by atomic mass is 16.4. The number of nitrogens with one attached hydrogen (secondary N) is 2. The summed E-state index contributed by atoms with van der Waals surface area (Å²) in [4.78, 5) is 23.2. The van der Waals surface area contributed by atoms with E-state index >= 15 is 0 Å². The number of aliphatic hydroxyl groups is 1. The molecule has 1 aliphatic heterocycles. The summed E-state index contributed by atoms with van der Waals surface area (Å²) in [5.41, 5.74) is -1.26. The van der Waals surface area contributed by atoms with Crippen molar-refractivity contribution in [3.8, 4) is 0 Å². The summed E-state index contributed by atoms with van der Waals surface area (Å²) in [5, 5.41) is 15.7. The van der Waals surface area contributed by atoms with E-state index in [2.05, 4.69) is 10.6 Å². The summed E-state index contributed by atoms with van der Waals surface area (Å²) in [6.45, 7) is 3.94. The number of aryl methyl sites for hydroxylation is 1. The minimum absolute atomic E-state index is 0.0525. The Bertz CT molecular complexity index is 507. The maximum absolute atomic E-state index is 12.0. The first-order chi connectivity index (χ1) is 9.38. The van der Waals surface area contributed by atoms with Crippen molar-refractivity contribution < 1.29 is 19.1 Å². The molecular formula is C14H20N2O4. The molecule has 2 heterocycles. The number of hydrogen-bond donors (Lipinski definition) is 3. The fourth-order valence-corrected chi connectivity index (χ4v) is 2.22. The van der Waals surface area contributed by atoms with Crippen LogP contribution in [0.5, 0.6) is 0 Å². The van der Waals surface area contributed by atoms with Gasteiger partial charge in [-0.05, 0) is 32.4 Å². The van der Waals surface area contributed by atoms with Gasteiger partial charge in [0, 0.05) is 18.9 Å². The molecule has 0 bridgehead atoms. The highest BCUT2D eigenvalue weighted by Crippen LogP contribution is 2.22. The molecule has 1 aromatic rings. The second kappa shape index (κ2) is 5.66. The molecule has 1 aromatic heterocycles. The van der Waals surface area contributed by atoms with Crippen molar-refractivity contribution in [1.82, 2.24) is 10.6 Å². The van der Waals surface area contributed by atoms with E-state index < -0.39 is 5.60 Å². The second-order valence-electron chi connectivity index (χ2n) is 5.44. The summed E-state index contributed by atoms with van der Waals surface area (Å²) >= 11 is 0. The topological polar surface area (TPSA) is 91.6 Å². The molecule has 0 spiro atoms. The predicted octanol–water partition coefficient (Wildman–Crippen LogP) is 0.438. The maximum atomic E-state index is 12.0. The van der Waals surface area contributed by atoms with E-state index in [0.717, 1.165) is 0 Å². The molecule has 1 fully saturated rings. The van der Waals surface area contributed by atoms with Crippen LogP contribution in [0, 0.1) is 12.8 Å². The third-order valence-electron chi connectivity index (χ3n) is 3.50. The molecule has 6 nitrogen and oxygen atoms in total. The van der Waals surface area contributed by atoms with Gasteiger partial charge in [-0.15, -0.1) is 0 Å². The Morgan fingerprint density at radius 2 is 2.35 bits per heavy atom. The van der Waals surface area contributed by atoms with E-state index in [4.69, 9.17) is 4.42 Å². The van der Waals surface area contributed by atoms with Crippen molar-refractivity contribution in [3.05, 3.63) is 23.7 Å². The van der Waals surface area contributed by atoms with Crippen molar-refractivity contribution in [2.24, 2.45) is 5.92 Å². The van der Waals surface area contributed by atoms with E-state index in [9.17, 15) is 14.7 Å². The molecule has 0 saturated carbocycles. The van der Waals surface area contributed by atoms with Gasteiger partial charge in [0.15, 0.2) is 0 Å². The number of amides is 2. The van der Waals surface area contributed by atoms with E-state index in [1.807, 2.05) is 0 Å². The van der Waals surface area contributed by atoms with E-state index in [1.165, 1.54) is 0 Å². The predicted molar refractivity (Wildman–Crippen MR) is 71.8 cm³/mol. The number of carbonyl (C=O) groups is 2. The molecule has 0 aromatic carbocycles. The van der Waals surface area contributed by atoms with Crippen molar-refractivity contribution >= 4 is 11.8 Å². The molecule has 1 aliphatic rings. The SMILES string of the molecule is Cc1ccc(C(C)(O)CNC(=O)C2CCNC(=O)C2)o1. The Balaban J connectivity index is 1.90. The number of carbonyl (C=O) groups excluding carboxylic acids is 2. The minimum Gasteiger partial charge on any atom is -0.463 e. The fourth-order valence-electron chi connectivity index (χ4n) is 2.22. The van der Waals surface area contributed by atoms with Gasteiger partial charge >= 0.3 is 0 Å². The quantitative estimate of drug-likeness (QED) is 0.746. The standard InChI is InChI=1S/C14H20N2O4/c1-9-3-4-11(20-9)14(2,19)8-16-13(18)10-5-6-15-12(17)7-10/h3-4,10,19H,5-8H2,1-2H3,(H,15,17)(H,16,18). The molecule has 20 heavy (non-hydrogen) atoms. The third kappa shape index (κ3) is 3.39. The monoisotopic (exact) mass is 280 g/mol. The van der Waals surface area contributed by atoms with E-state index in [-0.39, 0.29) is 30.7 Å². The molecule has 2 atom stereocenters. The third-order valence-corrected chi connectivity index (χ3v) is 3.50. The normalized spacial score (nSPS) is 21.9. The van der Waals surface area contributed by atoms with Crippen LogP contribution in [-0.2, 0) is 15.2 Å². The first-order valence-electron chi connectivity index (χ1n) is 6.72. The van der Waals surface area contributed by atoms with Gasteiger partial charge in [-0.3, -0.25) is 9.59 Å². The van der Waals surface area contributed by atoms with Crippen molar-refractivity contribution in [2.45, 2.75) is 32.3 Å². The van der Waals surface area contributed by atoms with Crippen molar-refractivity contribution in [2.75, 3.05) is 13.1 Å². The smallest absolute Gasteiger partial charge is 0.223 e. The zero-order chi connectivity index (χ0) is 14.8. The van der Waals surface area contributed by atoms with Gasteiger partial charge in [0.05, 0.1) is 6.54 Å². The molecular weight excluding hydrogens is 260 g/mol.